The molecule has 1 saturated carbocycles. The van der Waals surface area contributed by atoms with E-state index >= 15 is 0 Å². The molecule has 6 atom stereocenters. The van der Waals surface area contributed by atoms with Crippen LogP contribution in [0.25, 0.3) is 10.9 Å². The van der Waals surface area contributed by atoms with Crippen molar-refractivity contribution >= 4 is 34.5 Å². The van der Waals surface area contributed by atoms with E-state index in [4.69, 9.17) is 11.5 Å². The predicted molar refractivity (Wildman–Crippen MR) is 188 cm³/mol. The van der Waals surface area contributed by atoms with Crippen molar-refractivity contribution in [3.05, 3.63) is 78.0 Å². The number of carbonyl (C=O) groups is 4. The molecule has 1 saturated heterocycles. The number of amides is 4. The third kappa shape index (κ3) is 7.05. The maximum absolute atomic E-state index is 14.5. The van der Waals surface area contributed by atoms with Gasteiger partial charge in [0, 0.05) is 17.5 Å². The zero-order valence-electron chi connectivity index (χ0n) is 28.9. The number of pyridine rings is 1. The van der Waals surface area contributed by atoms with E-state index in [0.717, 1.165) is 36.6 Å². The number of para-hydroxylation sites is 1. The van der Waals surface area contributed by atoms with Crippen molar-refractivity contribution < 1.29 is 24.3 Å². The number of aromatic nitrogens is 1. The van der Waals surface area contributed by atoms with Gasteiger partial charge >= 0.3 is 0 Å². The molecule has 262 valence electrons. The highest BCUT2D eigenvalue weighted by molar-refractivity contribution is 6.03. The number of nitrogens with zero attached hydrogens (tertiary/aromatic N) is 2. The van der Waals surface area contributed by atoms with Gasteiger partial charge in [-0.3, -0.25) is 24.1 Å². The number of carbonyl (C=O) groups excluding carboxylic acids is 4. The van der Waals surface area contributed by atoms with Gasteiger partial charge in [-0.25, -0.2) is 4.98 Å². The Labute approximate surface area is 288 Å². The lowest BCUT2D eigenvalue weighted by Gasteiger charge is -2.59. The quantitative estimate of drug-likeness (QED) is 0.194. The maximum atomic E-state index is 14.5. The van der Waals surface area contributed by atoms with Crippen LogP contribution in [0.2, 0.25) is 0 Å². The van der Waals surface area contributed by atoms with E-state index in [9.17, 15) is 24.3 Å². The van der Waals surface area contributed by atoms with Gasteiger partial charge in [0.2, 0.25) is 17.5 Å². The number of likely N-dealkylation sites (tertiary alicyclic amines) is 1. The number of nitrogens with two attached hydrogens (primary N) is 2. The van der Waals surface area contributed by atoms with Crippen LogP contribution in [0.15, 0.2) is 66.7 Å². The lowest BCUT2D eigenvalue weighted by molar-refractivity contribution is -0.197. The average Bonchev–Trinajstić information content (AvgIpc) is 3.06. The number of piperidine rings is 1. The molecule has 3 aromatic rings. The number of aliphatic hydroxyl groups is 1. The van der Waals surface area contributed by atoms with E-state index in [2.05, 4.69) is 15.6 Å². The van der Waals surface area contributed by atoms with Crippen molar-refractivity contribution in [1.82, 2.24) is 20.5 Å². The zero-order chi connectivity index (χ0) is 35.6. The number of fused-ring (bicyclic) bond motifs is 2. The molecule has 2 heterocycles. The molecule has 11 heteroatoms. The van der Waals surface area contributed by atoms with Gasteiger partial charge in [-0.1, -0.05) is 87.2 Å². The van der Waals surface area contributed by atoms with Crippen LogP contribution in [-0.4, -0.2) is 68.0 Å². The molecule has 0 bridgehead atoms. The van der Waals surface area contributed by atoms with Crippen molar-refractivity contribution in [2.45, 2.75) is 95.5 Å². The first-order valence-electron chi connectivity index (χ1n) is 17.3. The normalized spacial score (nSPS) is 22.9. The second-order valence-electron chi connectivity index (χ2n) is 14.8. The maximum Gasteiger partial charge on any atom is 0.273 e. The summed E-state index contributed by atoms with van der Waals surface area (Å²) in [5.74, 6) is -4.32. The highest BCUT2D eigenvalue weighted by Gasteiger charge is 2.69. The third-order valence-electron chi connectivity index (χ3n) is 10.5. The van der Waals surface area contributed by atoms with Crippen LogP contribution in [0.1, 0.15) is 82.3 Å². The molecule has 4 amide bonds. The molecule has 49 heavy (non-hydrogen) atoms. The lowest BCUT2D eigenvalue weighted by Crippen LogP contribution is -2.85. The molecule has 1 aliphatic heterocycles. The summed E-state index contributed by atoms with van der Waals surface area (Å²) in [4.78, 5) is 62.8. The minimum Gasteiger partial charge on any atom is -0.368 e. The minimum atomic E-state index is -3.06. The first-order chi connectivity index (χ1) is 23.2. The molecule has 0 spiro atoms. The Kier molecular flexibility index (Phi) is 10.5. The van der Waals surface area contributed by atoms with E-state index in [1.165, 1.54) is 6.07 Å². The number of primary amides is 2. The summed E-state index contributed by atoms with van der Waals surface area (Å²) >= 11 is 0. The SMILES string of the molecule is CCC(Cc1ccccc1)C(C(N)=O)(N1CC2CCCCC2CC1C(=O)NC(C)(C)C)C(O)(NC(=O)c1ccc2ccccc2n1)C(N)=O. The number of hydrogen-bond donors (Lipinski definition) is 5. The molecule has 6 unspecified atom stereocenters. The Bertz CT molecular complexity index is 1690. The lowest BCUT2D eigenvalue weighted by atomic mass is 9.64. The summed E-state index contributed by atoms with van der Waals surface area (Å²) in [7, 11) is 0. The van der Waals surface area contributed by atoms with Gasteiger partial charge in [-0.05, 0) is 75.5 Å². The molecule has 2 fully saturated rings. The van der Waals surface area contributed by atoms with Gasteiger partial charge in [0.1, 0.15) is 5.69 Å². The number of rotatable bonds is 11. The van der Waals surface area contributed by atoms with Gasteiger partial charge in [0.15, 0.2) is 5.54 Å². The summed E-state index contributed by atoms with van der Waals surface area (Å²) in [6.07, 6.45) is 4.60. The van der Waals surface area contributed by atoms with Gasteiger partial charge in [0.25, 0.3) is 11.8 Å². The standard InChI is InChI=1S/C38H50N6O5/c1-5-28(21-24-13-7-6-8-14-24)37(34(39)47,44-23-27-17-10-9-16-26(27)22-31(44)33(46)42-36(2,3)4)38(49,35(40)48)43-32(45)30-20-19-25-15-11-12-18-29(25)41-30/h6-8,11-15,18-20,26-28,31,49H,5,9-10,16-17,21-23H2,1-4H3,(H2,39,47)(H2,40,48)(H,42,46)(H,43,45). The molecule has 11 nitrogen and oxygen atoms in total. The van der Waals surface area contributed by atoms with Crippen molar-refractivity contribution in [1.29, 1.82) is 0 Å². The molecular weight excluding hydrogens is 620 g/mol. The van der Waals surface area contributed by atoms with Crippen LogP contribution < -0.4 is 22.1 Å². The van der Waals surface area contributed by atoms with Gasteiger partial charge in [-0.2, -0.15) is 0 Å². The van der Waals surface area contributed by atoms with Crippen LogP contribution in [0.3, 0.4) is 0 Å². The zero-order valence-corrected chi connectivity index (χ0v) is 28.9. The van der Waals surface area contributed by atoms with E-state index in [0.29, 0.717) is 11.9 Å². The molecule has 5 rings (SSSR count). The fourth-order valence-corrected chi connectivity index (χ4v) is 8.23. The second kappa shape index (κ2) is 14.2. The fourth-order valence-electron chi connectivity index (χ4n) is 8.23. The van der Waals surface area contributed by atoms with Crippen LogP contribution in [-0.2, 0) is 20.8 Å². The van der Waals surface area contributed by atoms with Crippen LogP contribution in [0.4, 0.5) is 0 Å². The summed E-state index contributed by atoms with van der Waals surface area (Å²) < 4.78 is 0. The third-order valence-corrected chi connectivity index (χ3v) is 10.5. The monoisotopic (exact) mass is 670 g/mol. The van der Waals surface area contributed by atoms with E-state index < -0.39 is 46.5 Å². The number of benzene rings is 2. The van der Waals surface area contributed by atoms with E-state index in [1.54, 1.807) is 23.1 Å². The van der Waals surface area contributed by atoms with Crippen LogP contribution in [0.5, 0.6) is 0 Å². The van der Waals surface area contributed by atoms with Crippen LogP contribution in [0, 0.1) is 17.8 Å². The Hall–Kier alpha value is -4.35. The molecule has 1 aliphatic carbocycles. The molecule has 2 aliphatic rings. The Morgan fingerprint density at radius 2 is 1.55 bits per heavy atom. The molecular formula is C38H50N6O5. The summed E-state index contributed by atoms with van der Waals surface area (Å²) in [5, 5.41) is 19.2. The number of nitrogens with one attached hydrogen (secondary N) is 2. The first-order valence-corrected chi connectivity index (χ1v) is 17.3. The number of hydrogen-bond acceptors (Lipinski definition) is 7. The highest BCUT2D eigenvalue weighted by atomic mass is 16.3. The van der Waals surface area contributed by atoms with Crippen molar-refractivity contribution in [3.63, 3.8) is 0 Å². The van der Waals surface area contributed by atoms with E-state index in [1.807, 2.05) is 70.2 Å². The molecule has 1 aromatic heterocycles. The Morgan fingerprint density at radius 1 is 0.898 bits per heavy atom. The predicted octanol–water partition coefficient (Wildman–Crippen LogP) is 3.43. The first kappa shape index (κ1) is 35.9. The van der Waals surface area contributed by atoms with Gasteiger partial charge < -0.3 is 27.2 Å². The summed E-state index contributed by atoms with van der Waals surface area (Å²) in [5.41, 5.74) is 7.77. The fraction of sp³-hybridized carbons (Fsp3) is 0.500. The van der Waals surface area contributed by atoms with Crippen molar-refractivity contribution in [2.75, 3.05) is 6.54 Å². The summed E-state index contributed by atoms with van der Waals surface area (Å²) in [6, 6.07) is 18.8. The Morgan fingerprint density at radius 3 is 2.18 bits per heavy atom. The van der Waals surface area contributed by atoms with Crippen molar-refractivity contribution in [2.24, 2.45) is 29.2 Å². The van der Waals surface area contributed by atoms with Gasteiger partial charge in [-0.15, -0.1) is 0 Å². The van der Waals surface area contributed by atoms with Crippen LogP contribution >= 0.6 is 0 Å². The molecule has 7 N–H and O–H groups in total. The molecule has 2 aromatic carbocycles. The van der Waals surface area contributed by atoms with Crippen molar-refractivity contribution in [3.8, 4) is 0 Å². The average molecular weight is 671 g/mol. The van der Waals surface area contributed by atoms with E-state index in [-0.39, 0.29) is 42.8 Å². The largest absolute Gasteiger partial charge is 0.368 e. The highest BCUT2D eigenvalue weighted by Crippen LogP contribution is 2.47. The topological polar surface area (TPSA) is 181 Å². The smallest absolute Gasteiger partial charge is 0.273 e. The molecule has 0 radical (unpaired) electrons. The van der Waals surface area contributed by atoms with Gasteiger partial charge in [0.05, 0.1) is 11.6 Å². The summed E-state index contributed by atoms with van der Waals surface area (Å²) in [6.45, 7) is 7.62. The minimum absolute atomic E-state index is 0.0652. The Balaban J connectivity index is 1.72. The second-order valence-corrected chi connectivity index (χ2v) is 14.8.